The van der Waals surface area contributed by atoms with Crippen LogP contribution in [0.25, 0.3) is 0 Å². The van der Waals surface area contributed by atoms with Crippen molar-refractivity contribution < 1.29 is 0 Å². The molecule has 1 saturated heterocycles. The molecule has 4 rings (SSSR count). The fourth-order valence-corrected chi connectivity index (χ4v) is 4.23. The number of rotatable bonds is 6. The van der Waals surface area contributed by atoms with Crippen molar-refractivity contribution in [3.63, 3.8) is 0 Å². The van der Waals surface area contributed by atoms with Crippen molar-refractivity contribution in [2.45, 2.75) is 32.0 Å². The third-order valence-corrected chi connectivity index (χ3v) is 6.02. The van der Waals surface area contributed by atoms with E-state index in [1.165, 1.54) is 16.8 Å². The SMILES string of the molecule is CN=C(NCc1ccccc1CN1CCN(c2ccccc2)CC1)NC1CC=CC1.I. The van der Waals surface area contributed by atoms with Crippen molar-refractivity contribution >= 4 is 35.6 Å². The molecule has 1 aliphatic heterocycles. The Balaban J connectivity index is 0.00000272. The fourth-order valence-electron chi connectivity index (χ4n) is 4.23. The standard InChI is InChI=1S/C25H33N5.HI/c1-26-25(28-23-11-7-8-12-23)27-19-21-9-5-6-10-22(21)20-29-15-17-30(18-16-29)24-13-3-2-4-14-24;/h2-10,13-14,23H,11-12,15-20H2,1H3,(H2,26,27,28);1H. The molecule has 0 bridgehead atoms. The highest BCUT2D eigenvalue weighted by atomic mass is 127. The van der Waals surface area contributed by atoms with Crippen LogP contribution >= 0.6 is 24.0 Å². The lowest BCUT2D eigenvalue weighted by Gasteiger charge is -2.36. The average molecular weight is 531 g/mol. The van der Waals surface area contributed by atoms with E-state index in [1.54, 1.807) is 0 Å². The van der Waals surface area contributed by atoms with Gasteiger partial charge in [0.15, 0.2) is 5.96 Å². The minimum absolute atomic E-state index is 0. The van der Waals surface area contributed by atoms with Gasteiger partial charge in [0.25, 0.3) is 0 Å². The minimum atomic E-state index is 0. The summed E-state index contributed by atoms with van der Waals surface area (Å²) in [6, 6.07) is 20.0. The molecule has 5 nitrogen and oxygen atoms in total. The van der Waals surface area contributed by atoms with Gasteiger partial charge >= 0.3 is 0 Å². The second-order valence-corrected chi connectivity index (χ2v) is 8.08. The first-order valence-electron chi connectivity index (χ1n) is 11.0. The van der Waals surface area contributed by atoms with Crippen LogP contribution in [0.15, 0.2) is 71.7 Å². The van der Waals surface area contributed by atoms with Crippen LogP contribution in [0.4, 0.5) is 5.69 Å². The second kappa shape index (κ2) is 12.1. The summed E-state index contributed by atoms with van der Waals surface area (Å²) in [5, 5.41) is 7.02. The Bertz CT molecular complexity index is 851. The van der Waals surface area contributed by atoms with Crippen LogP contribution < -0.4 is 15.5 Å². The van der Waals surface area contributed by atoms with Crippen LogP contribution in [0.3, 0.4) is 0 Å². The zero-order chi connectivity index (χ0) is 20.6. The van der Waals surface area contributed by atoms with Crippen molar-refractivity contribution in [3.05, 3.63) is 77.9 Å². The van der Waals surface area contributed by atoms with E-state index < -0.39 is 0 Å². The van der Waals surface area contributed by atoms with E-state index in [4.69, 9.17) is 0 Å². The fraction of sp³-hybridized carbons (Fsp3) is 0.400. The first kappa shape index (κ1) is 23.6. The van der Waals surface area contributed by atoms with Crippen LogP contribution in [0.5, 0.6) is 0 Å². The van der Waals surface area contributed by atoms with Gasteiger partial charge in [0.05, 0.1) is 0 Å². The lowest BCUT2D eigenvalue weighted by atomic mass is 10.1. The molecule has 0 radical (unpaired) electrons. The smallest absolute Gasteiger partial charge is 0.191 e. The van der Waals surface area contributed by atoms with Gasteiger partial charge in [-0.25, -0.2) is 0 Å². The van der Waals surface area contributed by atoms with Gasteiger partial charge in [-0.05, 0) is 36.1 Å². The molecule has 2 aromatic carbocycles. The zero-order valence-corrected chi connectivity index (χ0v) is 20.7. The van der Waals surface area contributed by atoms with Gasteiger partial charge in [-0.1, -0.05) is 54.6 Å². The molecule has 166 valence electrons. The first-order valence-corrected chi connectivity index (χ1v) is 11.0. The van der Waals surface area contributed by atoms with Crippen LogP contribution in [-0.2, 0) is 13.1 Å². The Kier molecular flexibility index (Phi) is 9.21. The van der Waals surface area contributed by atoms with E-state index in [-0.39, 0.29) is 24.0 Å². The summed E-state index contributed by atoms with van der Waals surface area (Å²) in [5.74, 6) is 0.884. The zero-order valence-electron chi connectivity index (χ0n) is 18.3. The van der Waals surface area contributed by atoms with E-state index >= 15 is 0 Å². The predicted octanol–water partition coefficient (Wildman–Crippen LogP) is 4.01. The summed E-state index contributed by atoms with van der Waals surface area (Å²) in [6.45, 7) is 6.13. The minimum Gasteiger partial charge on any atom is -0.369 e. The Labute approximate surface area is 203 Å². The lowest BCUT2D eigenvalue weighted by molar-refractivity contribution is 0.249. The van der Waals surface area contributed by atoms with E-state index in [0.29, 0.717) is 6.04 Å². The molecule has 0 saturated carbocycles. The highest BCUT2D eigenvalue weighted by Crippen LogP contribution is 2.18. The van der Waals surface area contributed by atoms with Gasteiger partial charge in [-0.15, -0.1) is 24.0 Å². The molecule has 0 amide bonds. The normalized spacial score (nSPS) is 17.5. The number of nitrogens with one attached hydrogen (secondary N) is 2. The number of hydrogen-bond donors (Lipinski definition) is 2. The number of para-hydroxylation sites is 1. The topological polar surface area (TPSA) is 42.9 Å². The Morgan fingerprint density at radius 1 is 0.903 bits per heavy atom. The highest BCUT2D eigenvalue weighted by Gasteiger charge is 2.18. The van der Waals surface area contributed by atoms with E-state index in [2.05, 4.69) is 92.2 Å². The molecule has 1 aliphatic carbocycles. The van der Waals surface area contributed by atoms with Crippen LogP contribution in [0.2, 0.25) is 0 Å². The Morgan fingerprint density at radius 2 is 1.55 bits per heavy atom. The molecule has 0 unspecified atom stereocenters. The summed E-state index contributed by atoms with van der Waals surface area (Å²) < 4.78 is 0. The number of aliphatic imine (C=N–C) groups is 1. The summed E-state index contributed by atoms with van der Waals surface area (Å²) in [7, 11) is 1.84. The molecule has 1 fully saturated rings. The molecular weight excluding hydrogens is 497 g/mol. The summed E-state index contributed by atoms with van der Waals surface area (Å²) >= 11 is 0. The van der Waals surface area contributed by atoms with Gasteiger partial charge in [0, 0.05) is 58.0 Å². The molecule has 1 heterocycles. The molecule has 6 heteroatoms. The number of piperazine rings is 1. The Hall–Kier alpha value is -2.06. The lowest BCUT2D eigenvalue weighted by Crippen LogP contribution is -2.46. The number of nitrogens with zero attached hydrogens (tertiary/aromatic N) is 3. The summed E-state index contributed by atoms with van der Waals surface area (Å²) in [4.78, 5) is 9.45. The second-order valence-electron chi connectivity index (χ2n) is 8.08. The number of anilines is 1. The van der Waals surface area contributed by atoms with Crippen molar-refractivity contribution in [3.8, 4) is 0 Å². The summed E-state index contributed by atoms with van der Waals surface area (Å²) in [5.41, 5.74) is 4.07. The number of benzene rings is 2. The van der Waals surface area contributed by atoms with Gasteiger partial charge in [0.1, 0.15) is 0 Å². The van der Waals surface area contributed by atoms with Crippen molar-refractivity contribution in [2.75, 3.05) is 38.1 Å². The summed E-state index contributed by atoms with van der Waals surface area (Å²) in [6.07, 6.45) is 6.62. The monoisotopic (exact) mass is 531 g/mol. The molecule has 0 aromatic heterocycles. The van der Waals surface area contributed by atoms with Gasteiger partial charge in [-0.3, -0.25) is 9.89 Å². The molecular formula is C25H34IN5. The molecule has 2 aliphatic rings. The third-order valence-electron chi connectivity index (χ3n) is 6.02. The molecule has 2 aromatic rings. The van der Waals surface area contributed by atoms with E-state index in [1.807, 2.05) is 7.05 Å². The highest BCUT2D eigenvalue weighted by molar-refractivity contribution is 14.0. The van der Waals surface area contributed by atoms with Crippen LogP contribution in [0.1, 0.15) is 24.0 Å². The van der Waals surface area contributed by atoms with Crippen molar-refractivity contribution in [2.24, 2.45) is 4.99 Å². The van der Waals surface area contributed by atoms with Crippen molar-refractivity contribution in [1.29, 1.82) is 0 Å². The quantitative estimate of drug-likeness (QED) is 0.256. The maximum Gasteiger partial charge on any atom is 0.191 e. The van der Waals surface area contributed by atoms with Crippen LogP contribution in [-0.4, -0.2) is 50.1 Å². The Morgan fingerprint density at radius 3 is 2.23 bits per heavy atom. The number of hydrogen-bond acceptors (Lipinski definition) is 3. The molecule has 0 atom stereocenters. The maximum absolute atomic E-state index is 4.40. The van der Waals surface area contributed by atoms with Gasteiger partial charge < -0.3 is 15.5 Å². The molecule has 31 heavy (non-hydrogen) atoms. The first-order chi connectivity index (χ1) is 14.8. The number of guanidine groups is 1. The van der Waals surface area contributed by atoms with Crippen LogP contribution in [0, 0.1) is 0 Å². The molecule has 2 N–H and O–H groups in total. The van der Waals surface area contributed by atoms with E-state index in [0.717, 1.165) is 58.1 Å². The van der Waals surface area contributed by atoms with Crippen molar-refractivity contribution in [1.82, 2.24) is 15.5 Å². The molecule has 0 spiro atoms. The average Bonchev–Trinajstić information content (AvgIpc) is 3.32. The van der Waals surface area contributed by atoms with Gasteiger partial charge in [0.2, 0.25) is 0 Å². The predicted molar refractivity (Wildman–Crippen MR) is 141 cm³/mol. The van der Waals surface area contributed by atoms with Gasteiger partial charge in [-0.2, -0.15) is 0 Å². The largest absolute Gasteiger partial charge is 0.369 e. The maximum atomic E-state index is 4.40. The van der Waals surface area contributed by atoms with E-state index in [9.17, 15) is 0 Å². The third kappa shape index (κ3) is 6.71. The number of halogens is 1.